The number of fused-ring (bicyclic) bond motifs is 4. The highest BCUT2D eigenvalue weighted by atomic mass is 16.5. The summed E-state index contributed by atoms with van der Waals surface area (Å²) >= 11 is 0. The predicted molar refractivity (Wildman–Crippen MR) is 94.5 cm³/mol. The van der Waals surface area contributed by atoms with Crippen LogP contribution >= 0.6 is 0 Å². The highest BCUT2D eigenvalue weighted by Crippen LogP contribution is 2.35. The lowest BCUT2D eigenvalue weighted by Crippen LogP contribution is -1.84. The van der Waals surface area contributed by atoms with Gasteiger partial charge in [-0.2, -0.15) is 0 Å². The number of aromatic nitrogens is 1. The Kier molecular flexibility index (Phi) is 2.53. The standard InChI is InChI=1S/C21H13NO/c1-2-7-15-14(6-1)12-13-17-16(15)9-5-10-18(17)21-19-8-3-4-11-20(19)23-22-21/h1-13H. The maximum Gasteiger partial charge on any atom is 0.167 e. The van der Waals surface area contributed by atoms with Crippen LogP contribution in [0.25, 0.3) is 43.8 Å². The van der Waals surface area contributed by atoms with E-state index in [1.807, 2.05) is 18.2 Å². The number of hydrogen-bond donors (Lipinski definition) is 0. The molecule has 0 bridgehead atoms. The molecule has 0 amide bonds. The Morgan fingerprint density at radius 2 is 1.35 bits per heavy atom. The van der Waals surface area contributed by atoms with E-state index in [-0.39, 0.29) is 0 Å². The lowest BCUT2D eigenvalue weighted by Gasteiger charge is -2.07. The second-order valence-corrected chi connectivity index (χ2v) is 5.71. The van der Waals surface area contributed by atoms with Crippen LogP contribution in [0.3, 0.4) is 0 Å². The molecule has 0 saturated heterocycles. The summed E-state index contributed by atoms with van der Waals surface area (Å²) in [5.41, 5.74) is 2.83. The molecule has 23 heavy (non-hydrogen) atoms. The van der Waals surface area contributed by atoms with E-state index in [4.69, 9.17) is 4.52 Å². The molecule has 0 spiro atoms. The third-order valence-corrected chi connectivity index (χ3v) is 4.42. The number of nitrogens with zero attached hydrogens (tertiary/aromatic N) is 1. The molecule has 0 aliphatic heterocycles. The van der Waals surface area contributed by atoms with E-state index in [9.17, 15) is 0 Å². The van der Waals surface area contributed by atoms with Gasteiger partial charge in [0.15, 0.2) is 5.58 Å². The van der Waals surface area contributed by atoms with Gasteiger partial charge in [0.25, 0.3) is 0 Å². The molecule has 0 aliphatic rings. The van der Waals surface area contributed by atoms with Crippen LogP contribution in [0.1, 0.15) is 0 Å². The molecule has 0 unspecified atom stereocenters. The number of benzene rings is 4. The number of para-hydroxylation sites is 1. The van der Waals surface area contributed by atoms with Gasteiger partial charge in [0.05, 0.1) is 0 Å². The maximum absolute atomic E-state index is 5.49. The first-order chi connectivity index (χ1) is 11.4. The van der Waals surface area contributed by atoms with Crippen molar-refractivity contribution >= 4 is 32.5 Å². The van der Waals surface area contributed by atoms with Crippen LogP contribution in [0.4, 0.5) is 0 Å². The molecule has 4 aromatic carbocycles. The van der Waals surface area contributed by atoms with Crippen LogP contribution in [-0.4, -0.2) is 5.16 Å². The maximum atomic E-state index is 5.49. The molecule has 5 aromatic rings. The Morgan fingerprint density at radius 3 is 2.30 bits per heavy atom. The van der Waals surface area contributed by atoms with E-state index in [1.165, 1.54) is 21.5 Å². The fraction of sp³-hybridized carbons (Fsp3) is 0. The Morgan fingerprint density at radius 1 is 0.565 bits per heavy atom. The van der Waals surface area contributed by atoms with E-state index in [0.29, 0.717) is 0 Å². The van der Waals surface area contributed by atoms with Gasteiger partial charge >= 0.3 is 0 Å². The zero-order chi connectivity index (χ0) is 15.2. The summed E-state index contributed by atoms with van der Waals surface area (Å²) < 4.78 is 5.49. The monoisotopic (exact) mass is 295 g/mol. The molecule has 0 N–H and O–H groups in total. The molecule has 1 heterocycles. The minimum Gasteiger partial charge on any atom is -0.356 e. The van der Waals surface area contributed by atoms with Crippen LogP contribution in [0.2, 0.25) is 0 Å². The van der Waals surface area contributed by atoms with Gasteiger partial charge in [0.2, 0.25) is 0 Å². The molecule has 0 aliphatic carbocycles. The molecule has 0 atom stereocenters. The first-order valence-corrected chi connectivity index (χ1v) is 7.67. The molecule has 0 saturated carbocycles. The second-order valence-electron chi connectivity index (χ2n) is 5.71. The van der Waals surface area contributed by atoms with Crippen molar-refractivity contribution in [1.82, 2.24) is 5.16 Å². The van der Waals surface area contributed by atoms with Crippen LogP contribution in [0.5, 0.6) is 0 Å². The Labute approximate surface area is 132 Å². The first kappa shape index (κ1) is 12.4. The van der Waals surface area contributed by atoms with Gasteiger partial charge in [-0.05, 0) is 33.7 Å². The summed E-state index contributed by atoms with van der Waals surface area (Å²) in [5.74, 6) is 0. The second kappa shape index (κ2) is 4.68. The van der Waals surface area contributed by atoms with Gasteiger partial charge in [-0.25, -0.2) is 0 Å². The van der Waals surface area contributed by atoms with Gasteiger partial charge in [-0.1, -0.05) is 71.9 Å². The molecule has 2 heteroatoms. The van der Waals surface area contributed by atoms with Gasteiger partial charge < -0.3 is 4.52 Å². The molecular formula is C21H13NO. The fourth-order valence-corrected chi connectivity index (χ4v) is 3.33. The summed E-state index contributed by atoms with van der Waals surface area (Å²) in [6.07, 6.45) is 0. The zero-order valence-corrected chi connectivity index (χ0v) is 12.4. The third kappa shape index (κ3) is 1.78. The smallest absolute Gasteiger partial charge is 0.167 e. The van der Waals surface area contributed by atoms with Gasteiger partial charge in [0, 0.05) is 10.9 Å². The molecule has 108 valence electrons. The van der Waals surface area contributed by atoms with Crippen molar-refractivity contribution in [2.24, 2.45) is 0 Å². The van der Waals surface area contributed by atoms with E-state index < -0.39 is 0 Å². The Balaban J connectivity index is 1.90. The highest BCUT2D eigenvalue weighted by Gasteiger charge is 2.13. The van der Waals surface area contributed by atoms with Gasteiger partial charge in [-0.15, -0.1) is 0 Å². The summed E-state index contributed by atoms with van der Waals surface area (Å²) in [6, 6.07) is 27.2. The minimum atomic E-state index is 0.820. The first-order valence-electron chi connectivity index (χ1n) is 7.67. The Bertz CT molecular complexity index is 1170. The molecular weight excluding hydrogens is 282 g/mol. The van der Waals surface area contributed by atoms with Crippen molar-refractivity contribution in [3.05, 3.63) is 78.9 Å². The van der Waals surface area contributed by atoms with Crippen molar-refractivity contribution in [1.29, 1.82) is 0 Å². The lowest BCUT2D eigenvalue weighted by molar-refractivity contribution is 0.459. The van der Waals surface area contributed by atoms with Crippen molar-refractivity contribution < 1.29 is 4.52 Å². The largest absolute Gasteiger partial charge is 0.356 e. The molecule has 0 fully saturated rings. The van der Waals surface area contributed by atoms with Crippen LogP contribution in [0.15, 0.2) is 83.4 Å². The predicted octanol–water partition coefficient (Wildman–Crippen LogP) is 5.80. The van der Waals surface area contributed by atoms with Crippen LogP contribution in [0, 0.1) is 0 Å². The summed E-state index contributed by atoms with van der Waals surface area (Å²) in [6.45, 7) is 0. The average molecular weight is 295 g/mol. The van der Waals surface area contributed by atoms with Crippen LogP contribution < -0.4 is 0 Å². The highest BCUT2D eigenvalue weighted by molar-refractivity contribution is 6.13. The lowest BCUT2D eigenvalue weighted by atomic mass is 9.96. The van der Waals surface area contributed by atoms with Crippen molar-refractivity contribution in [3.8, 4) is 11.3 Å². The Hall–Kier alpha value is -3.13. The van der Waals surface area contributed by atoms with Crippen molar-refractivity contribution in [2.75, 3.05) is 0 Å². The summed E-state index contributed by atoms with van der Waals surface area (Å²) in [4.78, 5) is 0. The number of hydrogen-bond acceptors (Lipinski definition) is 2. The molecule has 5 rings (SSSR count). The number of rotatable bonds is 1. The van der Waals surface area contributed by atoms with E-state index in [0.717, 1.165) is 22.2 Å². The van der Waals surface area contributed by atoms with Crippen LogP contribution in [-0.2, 0) is 0 Å². The minimum absolute atomic E-state index is 0.820. The average Bonchev–Trinajstić information content (AvgIpc) is 3.05. The summed E-state index contributed by atoms with van der Waals surface area (Å²) in [5, 5.41) is 10.3. The van der Waals surface area contributed by atoms with Gasteiger partial charge in [0.1, 0.15) is 5.69 Å². The van der Waals surface area contributed by atoms with E-state index in [2.05, 4.69) is 65.8 Å². The normalized spacial score (nSPS) is 11.5. The van der Waals surface area contributed by atoms with Gasteiger partial charge in [-0.3, -0.25) is 0 Å². The quantitative estimate of drug-likeness (QED) is 0.365. The fourth-order valence-electron chi connectivity index (χ4n) is 3.33. The summed E-state index contributed by atoms with van der Waals surface area (Å²) in [7, 11) is 0. The van der Waals surface area contributed by atoms with Crippen molar-refractivity contribution in [3.63, 3.8) is 0 Å². The third-order valence-electron chi connectivity index (χ3n) is 4.42. The molecule has 2 nitrogen and oxygen atoms in total. The SMILES string of the molecule is c1ccc2c(c1)ccc1c(-c3noc4ccccc34)cccc12. The zero-order valence-electron chi connectivity index (χ0n) is 12.4. The topological polar surface area (TPSA) is 26.0 Å². The molecule has 1 aromatic heterocycles. The van der Waals surface area contributed by atoms with E-state index >= 15 is 0 Å². The van der Waals surface area contributed by atoms with Crippen molar-refractivity contribution in [2.45, 2.75) is 0 Å². The van der Waals surface area contributed by atoms with E-state index in [1.54, 1.807) is 0 Å². The molecule has 0 radical (unpaired) electrons.